The second-order valence-corrected chi connectivity index (χ2v) is 12.4. The quantitative estimate of drug-likeness (QED) is 0.250. The van der Waals surface area contributed by atoms with Crippen LogP contribution in [-0.4, -0.2) is 44.3 Å². The Morgan fingerprint density at radius 1 is 1.03 bits per heavy atom. The van der Waals surface area contributed by atoms with E-state index in [9.17, 15) is 18.0 Å². The molecule has 3 aromatic rings. The second kappa shape index (κ2) is 14.0. The molecule has 7 nitrogen and oxygen atoms in total. The van der Waals surface area contributed by atoms with Crippen LogP contribution >= 0.6 is 27.5 Å². The molecule has 1 atom stereocenters. The number of hydrogen-bond donors (Lipinski definition) is 1. The van der Waals surface area contributed by atoms with E-state index in [1.165, 1.54) is 29.2 Å². The molecule has 0 aliphatic rings. The monoisotopic (exact) mass is 633 g/mol. The Morgan fingerprint density at radius 3 is 2.36 bits per heavy atom. The third kappa shape index (κ3) is 8.06. The van der Waals surface area contributed by atoms with Crippen molar-refractivity contribution in [3.63, 3.8) is 0 Å². The van der Waals surface area contributed by atoms with Crippen molar-refractivity contribution in [2.75, 3.05) is 17.4 Å². The molecular formula is C29H33BrClN3O4S. The van der Waals surface area contributed by atoms with Crippen LogP contribution in [0.3, 0.4) is 0 Å². The summed E-state index contributed by atoms with van der Waals surface area (Å²) in [5.74, 6) is -0.802. The number of carbonyl (C=O) groups is 2. The number of aryl methyl sites for hydroxylation is 1. The van der Waals surface area contributed by atoms with E-state index in [0.29, 0.717) is 22.8 Å². The molecule has 208 valence electrons. The number of unbranched alkanes of at least 4 members (excludes halogenated alkanes) is 1. The molecule has 0 unspecified atom stereocenters. The first-order valence-electron chi connectivity index (χ1n) is 12.7. The summed E-state index contributed by atoms with van der Waals surface area (Å²) in [5, 5.41) is 3.28. The molecule has 39 heavy (non-hydrogen) atoms. The summed E-state index contributed by atoms with van der Waals surface area (Å²) in [6, 6.07) is 19.4. The highest BCUT2D eigenvalue weighted by molar-refractivity contribution is 9.10. The Labute approximate surface area is 244 Å². The SMILES string of the molecule is CCCCNC(=O)[C@H](C)N(Cc1cccc(Br)c1)C(=O)CN(c1ccccc1C)S(=O)(=O)c1ccc(Cl)cc1. The Hall–Kier alpha value is -2.88. The van der Waals surface area contributed by atoms with Crippen LogP contribution in [0.25, 0.3) is 0 Å². The number of carbonyl (C=O) groups excluding carboxylic acids is 2. The van der Waals surface area contributed by atoms with Crippen LogP contribution in [0.4, 0.5) is 5.69 Å². The minimum Gasteiger partial charge on any atom is -0.354 e. The van der Waals surface area contributed by atoms with Crippen LogP contribution in [0.5, 0.6) is 0 Å². The van der Waals surface area contributed by atoms with Crippen LogP contribution in [0.15, 0.2) is 82.2 Å². The minimum absolute atomic E-state index is 0.00634. The van der Waals surface area contributed by atoms with Crippen LogP contribution in [0, 0.1) is 6.92 Å². The number of nitrogens with one attached hydrogen (secondary N) is 1. The van der Waals surface area contributed by atoms with Gasteiger partial charge in [-0.25, -0.2) is 8.42 Å². The first kappa shape index (κ1) is 30.7. The van der Waals surface area contributed by atoms with Gasteiger partial charge < -0.3 is 10.2 Å². The Balaban J connectivity index is 2.01. The van der Waals surface area contributed by atoms with Gasteiger partial charge in [-0.3, -0.25) is 13.9 Å². The highest BCUT2D eigenvalue weighted by atomic mass is 79.9. The third-order valence-corrected chi connectivity index (χ3v) is 8.82. The summed E-state index contributed by atoms with van der Waals surface area (Å²) in [4.78, 5) is 28.4. The minimum atomic E-state index is -4.15. The predicted molar refractivity (Wildman–Crippen MR) is 159 cm³/mol. The van der Waals surface area contributed by atoms with Gasteiger partial charge in [0, 0.05) is 22.6 Å². The van der Waals surface area contributed by atoms with E-state index in [2.05, 4.69) is 21.2 Å². The van der Waals surface area contributed by atoms with Gasteiger partial charge in [0.1, 0.15) is 12.6 Å². The molecule has 2 amide bonds. The zero-order chi connectivity index (χ0) is 28.6. The fourth-order valence-corrected chi connectivity index (χ4v) is 6.09. The van der Waals surface area contributed by atoms with Crippen molar-refractivity contribution in [2.45, 2.75) is 51.1 Å². The number of para-hydroxylation sites is 1. The molecule has 0 aromatic heterocycles. The predicted octanol–water partition coefficient (Wildman–Crippen LogP) is 5.94. The molecule has 3 rings (SSSR count). The summed E-state index contributed by atoms with van der Waals surface area (Å²) >= 11 is 9.45. The largest absolute Gasteiger partial charge is 0.354 e. The lowest BCUT2D eigenvalue weighted by atomic mass is 10.1. The smallest absolute Gasteiger partial charge is 0.264 e. The number of nitrogens with zero attached hydrogens (tertiary/aromatic N) is 2. The number of rotatable bonds is 12. The van der Waals surface area contributed by atoms with Crippen molar-refractivity contribution in [3.8, 4) is 0 Å². The van der Waals surface area contributed by atoms with E-state index >= 15 is 0 Å². The fourth-order valence-electron chi connectivity index (χ4n) is 4.04. The van der Waals surface area contributed by atoms with Gasteiger partial charge in [-0.15, -0.1) is 0 Å². The normalized spacial score (nSPS) is 12.0. The van der Waals surface area contributed by atoms with E-state index < -0.39 is 28.5 Å². The molecule has 0 aliphatic heterocycles. The zero-order valence-corrected chi connectivity index (χ0v) is 25.4. The second-order valence-electron chi connectivity index (χ2n) is 9.22. The van der Waals surface area contributed by atoms with Gasteiger partial charge in [-0.2, -0.15) is 0 Å². The summed E-state index contributed by atoms with van der Waals surface area (Å²) in [5.41, 5.74) is 1.86. The highest BCUT2D eigenvalue weighted by Crippen LogP contribution is 2.28. The Bertz CT molecular complexity index is 1400. The van der Waals surface area contributed by atoms with Gasteiger partial charge in [0.25, 0.3) is 10.0 Å². The Kier molecular flexibility index (Phi) is 11.0. The lowest BCUT2D eigenvalue weighted by Gasteiger charge is -2.32. The van der Waals surface area contributed by atoms with Crippen molar-refractivity contribution >= 4 is 55.1 Å². The van der Waals surface area contributed by atoms with Crippen LogP contribution in [0.2, 0.25) is 5.02 Å². The van der Waals surface area contributed by atoms with Gasteiger partial charge >= 0.3 is 0 Å². The van der Waals surface area contributed by atoms with Crippen LogP contribution in [-0.2, 0) is 26.2 Å². The van der Waals surface area contributed by atoms with E-state index in [1.54, 1.807) is 38.1 Å². The first-order chi connectivity index (χ1) is 18.5. The average Bonchev–Trinajstić information content (AvgIpc) is 2.90. The van der Waals surface area contributed by atoms with E-state index in [-0.39, 0.29) is 17.3 Å². The van der Waals surface area contributed by atoms with Crippen molar-refractivity contribution < 1.29 is 18.0 Å². The van der Waals surface area contributed by atoms with Gasteiger partial charge in [0.2, 0.25) is 11.8 Å². The van der Waals surface area contributed by atoms with Crippen LogP contribution in [0.1, 0.15) is 37.8 Å². The Morgan fingerprint density at radius 2 is 1.72 bits per heavy atom. The molecule has 0 aliphatic carbocycles. The summed E-state index contributed by atoms with van der Waals surface area (Å²) in [6.07, 6.45) is 1.74. The van der Waals surface area contributed by atoms with Crippen molar-refractivity contribution in [1.82, 2.24) is 10.2 Å². The molecule has 0 saturated heterocycles. The fraction of sp³-hybridized carbons (Fsp3) is 0.310. The van der Waals surface area contributed by atoms with Gasteiger partial charge in [0.05, 0.1) is 10.6 Å². The molecule has 0 saturated carbocycles. The number of sulfonamides is 1. The van der Waals surface area contributed by atoms with Crippen molar-refractivity contribution in [3.05, 3.63) is 93.4 Å². The molecule has 10 heteroatoms. The lowest BCUT2D eigenvalue weighted by molar-refractivity contribution is -0.139. The third-order valence-electron chi connectivity index (χ3n) is 6.30. The molecule has 3 aromatic carbocycles. The molecule has 0 heterocycles. The molecule has 0 fully saturated rings. The summed E-state index contributed by atoms with van der Waals surface area (Å²) in [6.45, 7) is 5.61. The number of hydrogen-bond acceptors (Lipinski definition) is 4. The lowest BCUT2D eigenvalue weighted by Crippen LogP contribution is -2.51. The summed E-state index contributed by atoms with van der Waals surface area (Å²) < 4.78 is 29.7. The number of benzene rings is 3. The van der Waals surface area contributed by atoms with Gasteiger partial charge in [0.15, 0.2) is 0 Å². The average molecular weight is 635 g/mol. The van der Waals surface area contributed by atoms with Crippen molar-refractivity contribution in [2.24, 2.45) is 0 Å². The summed E-state index contributed by atoms with van der Waals surface area (Å²) in [7, 11) is -4.15. The molecule has 0 bridgehead atoms. The first-order valence-corrected chi connectivity index (χ1v) is 15.3. The maximum absolute atomic E-state index is 13.9. The maximum atomic E-state index is 13.9. The molecule has 0 spiro atoms. The van der Waals surface area contributed by atoms with Crippen molar-refractivity contribution in [1.29, 1.82) is 0 Å². The number of halogens is 2. The van der Waals surface area contributed by atoms with E-state index in [1.807, 2.05) is 31.2 Å². The maximum Gasteiger partial charge on any atom is 0.264 e. The number of anilines is 1. The molecule has 1 N–H and O–H groups in total. The highest BCUT2D eigenvalue weighted by Gasteiger charge is 2.33. The van der Waals surface area contributed by atoms with Crippen LogP contribution < -0.4 is 9.62 Å². The zero-order valence-electron chi connectivity index (χ0n) is 22.2. The van der Waals surface area contributed by atoms with Gasteiger partial charge in [-0.05, 0) is 73.9 Å². The molecular weight excluding hydrogens is 602 g/mol. The van der Waals surface area contributed by atoms with E-state index in [4.69, 9.17) is 11.6 Å². The molecule has 0 radical (unpaired) electrons. The van der Waals surface area contributed by atoms with Gasteiger partial charge in [-0.1, -0.05) is 71.2 Å². The standard InChI is InChI=1S/C29H33BrClN3O4S/c1-4-5-17-32-29(36)22(3)33(19-23-10-8-11-24(30)18-23)28(35)20-34(27-12-7-6-9-21(27)2)39(37,38)26-15-13-25(31)14-16-26/h6-16,18,22H,4-5,17,19-20H2,1-3H3,(H,32,36)/t22-/m0/s1. The topological polar surface area (TPSA) is 86.8 Å². The van der Waals surface area contributed by atoms with E-state index in [0.717, 1.165) is 27.2 Å². The number of amides is 2.